The third kappa shape index (κ3) is 5.31. The van der Waals surface area contributed by atoms with E-state index in [9.17, 15) is 0 Å². The number of rotatable bonds is 9. The summed E-state index contributed by atoms with van der Waals surface area (Å²) in [6.07, 6.45) is 1.73. The highest BCUT2D eigenvalue weighted by molar-refractivity contribution is 9.10. The number of aromatic nitrogens is 2. The zero-order valence-electron chi connectivity index (χ0n) is 18.4. The molecule has 0 aliphatic heterocycles. The molecule has 4 rings (SSSR count). The van der Waals surface area contributed by atoms with Crippen molar-refractivity contribution in [1.29, 1.82) is 0 Å². The molecule has 0 spiro atoms. The monoisotopic (exact) mass is 526 g/mol. The van der Waals surface area contributed by atoms with Gasteiger partial charge in [-0.25, -0.2) is 10.4 Å². The number of fused-ring (bicyclic) bond motifs is 1. The molecule has 33 heavy (non-hydrogen) atoms. The van der Waals surface area contributed by atoms with Crippen molar-refractivity contribution < 1.29 is 9.47 Å². The van der Waals surface area contributed by atoms with E-state index in [4.69, 9.17) is 21.1 Å². The number of para-hydroxylation sites is 2. The van der Waals surface area contributed by atoms with Crippen LogP contribution in [0.4, 0.5) is 5.95 Å². The van der Waals surface area contributed by atoms with Crippen molar-refractivity contribution in [2.45, 2.75) is 27.0 Å². The fourth-order valence-corrected chi connectivity index (χ4v) is 4.24. The molecule has 0 bridgehead atoms. The maximum absolute atomic E-state index is 6.26. The first kappa shape index (κ1) is 23.1. The van der Waals surface area contributed by atoms with Crippen LogP contribution < -0.4 is 14.9 Å². The Morgan fingerprint density at radius 1 is 1.09 bits per heavy atom. The molecule has 1 aromatic heterocycles. The molecule has 170 valence electrons. The van der Waals surface area contributed by atoms with Gasteiger partial charge in [-0.1, -0.05) is 41.9 Å². The van der Waals surface area contributed by atoms with Gasteiger partial charge in [0.25, 0.3) is 0 Å². The van der Waals surface area contributed by atoms with E-state index in [1.807, 2.05) is 67.6 Å². The molecular formula is C25H24BrClN4O2. The number of hydrogen-bond donors (Lipinski definition) is 1. The number of anilines is 1. The lowest BCUT2D eigenvalue weighted by molar-refractivity contribution is 0.267. The second-order valence-electron chi connectivity index (χ2n) is 7.18. The predicted molar refractivity (Wildman–Crippen MR) is 138 cm³/mol. The molecule has 0 aliphatic rings. The smallest absolute Gasteiger partial charge is 0.224 e. The second kappa shape index (κ2) is 10.7. The Bertz CT molecular complexity index is 1290. The molecule has 1 heterocycles. The molecule has 3 aromatic carbocycles. The maximum Gasteiger partial charge on any atom is 0.224 e. The molecule has 1 N–H and O–H groups in total. The van der Waals surface area contributed by atoms with E-state index in [0.29, 0.717) is 35.7 Å². The molecule has 6 nitrogen and oxygen atoms in total. The second-order valence-corrected chi connectivity index (χ2v) is 8.44. The fourth-order valence-electron chi connectivity index (χ4n) is 3.48. The quantitative estimate of drug-likeness (QED) is 0.190. The lowest BCUT2D eigenvalue weighted by Gasteiger charge is -2.15. The number of nitrogens with one attached hydrogen (secondary N) is 1. The molecule has 0 saturated carbocycles. The van der Waals surface area contributed by atoms with Gasteiger partial charge in [0.05, 0.1) is 28.3 Å². The zero-order chi connectivity index (χ0) is 23.2. The zero-order valence-corrected chi connectivity index (χ0v) is 20.7. The van der Waals surface area contributed by atoms with E-state index in [1.165, 1.54) is 0 Å². The number of halogens is 2. The van der Waals surface area contributed by atoms with E-state index >= 15 is 0 Å². The van der Waals surface area contributed by atoms with Gasteiger partial charge in [0, 0.05) is 17.1 Å². The summed E-state index contributed by atoms with van der Waals surface area (Å²) in [6, 6.07) is 19.5. The van der Waals surface area contributed by atoms with Gasteiger partial charge in [0.15, 0.2) is 11.5 Å². The van der Waals surface area contributed by atoms with Crippen molar-refractivity contribution in [2.24, 2.45) is 5.10 Å². The molecule has 0 unspecified atom stereocenters. The van der Waals surface area contributed by atoms with E-state index < -0.39 is 0 Å². The van der Waals surface area contributed by atoms with Crippen LogP contribution in [0, 0.1) is 0 Å². The van der Waals surface area contributed by atoms with Crippen LogP contribution in [0.25, 0.3) is 11.0 Å². The summed E-state index contributed by atoms with van der Waals surface area (Å²) in [4.78, 5) is 4.63. The van der Waals surface area contributed by atoms with Gasteiger partial charge in [0.2, 0.25) is 5.95 Å². The summed E-state index contributed by atoms with van der Waals surface area (Å²) in [7, 11) is 0. The standard InChI is InChI=1S/C25H24BrClN4O2/c1-3-31-22-12-8-7-11-21(22)29-25(31)30-28-15-17-13-19(26)24(23(14-17)32-4-2)33-16-18-9-5-6-10-20(18)27/h5-15H,3-4,16H2,1-2H3,(H,29,30)/b28-15-. The van der Waals surface area contributed by atoms with Crippen LogP contribution in [0.3, 0.4) is 0 Å². The van der Waals surface area contributed by atoms with Gasteiger partial charge in [0.1, 0.15) is 6.61 Å². The topological polar surface area (TPSA) is 60.7 Å². The fraction of sp³-hybridized carbons (Fsp3) is 0.200. The molecule has 8 heteroatoms. The van der Waals surface area contributed by atoms with Crippen molar-refractivity contribution in [1.82, 2.24) is 9.55 Å². The minimum atomic E-state index is 0.334. The van der Waals surface area contributed by atoms with Crippen LogP contribution in [0.15, 0.2) is 70.2 Å². The molecule has 0 aliphatic carbocycles. The highest BCUT2D eigenvalue weighted by Crippen LogP contribution is 2.37. The SMILES string of the molecule is CCOc1cc(/C=N\Nc2nc3ccccc3n2CC)cc(Br)c1OCc1ccccc1Cl. The molecule has 0 radical (unpaired) electrons. The third-order valence-corrected chi connectivity index (χ3v) is 5.97. The van der Waals surface area contributed by atoms with Crippen molar-refractivity contribution >= 4 is 50.7 Å². The summed E-state index contributed by atoms with van der Waals surface area (Å²) in [5.74, 6) is 1.94. The van der Waals surface area contributed by atoms with E-state index in [-0.39, 0.29) is 0 Å². The van der Waals surface area contributed by atoms with E-state index in [2.05, 4.69) is 42.9 Å². The average Bonchev–Trinajstić information content (AvgIpc) is 3.17. The Morgan fingerprint density at radius 2 is 1.88 bits per heavy atom. The highest BCUT2D eigenvalue weighted by atomic mass is 79.9. The lowest BCUT2D eigenvalue weighted by atomic mass is 10.2. The maximum atomic E-state index is 6.26. The Kier molecular flexibility index (Phi) is 7.52. The first-order chi connectivity index (χ1) is 16.1. The molecule has 4 aromatic rings. The van der Waals surface area contributed by atoms with E-state index in [1.54, 1.807) is 6.21 Å². The molecule has 0 atom stereocenters. The number of hydrazone groups is 1. The largest absolute Gasteiger partial charge is 0.490 e. The van der Waals surface area contributed by atoms with Crippen LogP contribution in [0.5, 0.6) is 11.5 Å². The average molecular weight is 528 g/mol. The summed E-state index contributed by atoms with van der Waals surface area (Å²) in [6.45, 7) is 5.64. The van der Waals surface area contributed by atoms with Gasteiger partial charge >= 0.3 is 0 Å². The van der Waals surface area contributed by atoms with Crippen molar-refractivity contribution in [3.05, 3.63) is 81.3 Å². The number of benzene rings is 3. The first-order valence-electron chi connectivity index (χ1n) is 10.7. The van der Waals surface area contributed by atoms with Crippen molar-refractivity contribution in [2.75, 3.05) is 12.0 Å². The van der Waals surface area contributed by atoms with Crippen LogP contribution >= 0.6 is 27.5 Å². The van der Waals surface area contributed by atoms with Crippen LogP contribution in [-0.2, 0) is 13.2 Å². The normalized spacial score (nSPS) is 11.3. The summed E-state index contributed by atoms with van der Waals surface area (Å²) < 4.78 is 14.7. The lowest BCUT2D eigenvalue weighted by Crippen LogP contribution is -2.03. The minimum absolute atomic E-state index is 0.334. The molecular weight excluding hydrogens is 504 g/mol. The van der Waals surface area contributed by atoms with Gasteiger partial charge in [-0.3, -0.25) is 0 Å². The molecule has 0 saturated heterocycles. The van der Waals surface area contributed by atoms with Gasteiger partial charge in [-0.05, 0) is 65.7 Å². The number of aryl methyl sites for hydroxylation is 1. The molecule has 0 fully saturated rings. The van der Waals surface area contributed by atoms with Crippen LogP contribution in [0.2, 0.25) is 5.02 Å². The van der Waals surface area contributed by atoms with Gasteiger partial charge < -0.3 is 14.0 Å². The number of ether oxygens (including phenoxy) is 2. The molecule has 0 amide bonds. The van der Waals surface area contributed by atoms with Crippen molar-refractivity contribution in [3.63, 3.8) is 0 Å². The summed E-state index contributed by atoms with van der Waals surface area (Å²) in [5.41, 5.74) is 6.81. The number of hydrogen-bond acceptors (Lipinski definition) is 5. The third-order valence-electron chi connectivity index (χ3n) is 5.01. The minimum Gasteiger partial charge on any atom is -0.490 e. The van der Waals surface area contributed by atoms with Crippen LogP contribution in [-0.4, -0.2) is 22.4 Å². The number of nitrogens with zero attached hydrogens (tertiary/aromatic N) is 3. The highest BCUT2D eigenvalue weighted by Gasteiger charge is 2.13. The first-order valence-corrected chi connectivity index (χ1v) is 11.8. The Labute approximate surface area is 206 Å². The number of imidazole rings is 1. The Balaban J connectivity index is 1.53. The summed E-state index contributed by atoms with van der Waals surface area (Å²) in [5, 5.41) is 5.07. The Hall–Kier alpha value is -3.03. The Morgan fingerprint density at radius 3 is 2.67 bits per heavy atom. The van der Waals surface area contributed by atoms with E-state index in [0.717, 1.165) is 33.2 Å². The van der Waals surface area contributed by atoms with Gasteiger partial charge in [-0.15, -0.1) is 0 Å². The van der Waals surface area contributed by atoms with Crippen LogP contribution in [0.1, 0.15) is 25.0 Å². The predicted octanol–water partition coefficient (Wildman–Crippen LogP) is 6.90. The summed E-state index contributed by atoms with van der Waals surface area (Å²) >= 11 is 9.86. The van der Waals surface area contributed by atoms with Crippen molar-refractivity contribution in [3.8, 4) is 11.5 Å². The van der Waals surface area contributed by atoms with Gasteiger partial charge in [-0.2, -0.15) is 5.10 Å².